The van der Waals surface area contributed by atoms with Crippen molar-refractivity contribution in [2.75, 3.05) is 26.7 Å². The normalized spacial score (nSPS) is 29.9. The number of nitrogens with zero attached hydrogens (tertiary/aromatic N) is 2. The molecule has 1 aromatic heterocycles. The van der Waals surface area contributed by atoms with Gasteiger partial charge in [-0.15, -0.1) is 6.58 Å². The number of hydrogen-bond donors (Lipinski definition) is 1. The van der Waals surface area contributed by atoms with Gasteiger partial charge in [-0.05, 0) is 42.2 Å². The van der Waals surface area contributed by atoms with E-state index in [0.29, 0.717) is 11.8 Å². The molecule has 5 atom stereocenters. The maximum atomic E-state index is 11.6. The van der Waals surface area contributed by atoms with Crippen molar-refractivity contribution in [2.24, 2.45) is 11.8 Å². The Balaban J connectivity index is 0.00000225. The first-order valence-corrected chi connectivity index (χ1v) is 10.2. The number of methoxy groups -OCH3 is 1. The molecule has 5 rings (SSSR count). The van der Waals surface area contributed by atoms with E-state index in [1.165, 1.54) is 13.0 Å². The Morgan fingerprint density at radius 2 is 2.21 bits per heavy atom. The highest BCUT2D eigenvalue weighted by Crippen LogP contribution is 2.47. The number of fused-ring (bicyclic) bond motifs is 4. The number of rotatable bonds is 6. The number of quaternary nitrogens is 1. The zero-order valence-corrected chi connectivity index (χ0v) is 17.6. The third-order valence-electron chi connectivity index (χ3n) is 7.01. The Bertz CT molecular complexity index is 838. The number of hydrogen-bond acceptors (Lipinski definition) is 3. The van der Waals surface area contributed by atoms with Crippen LogP contribution in [-0.2, 0) is 0 Å². The zero-order chi connectivity index (χ0) is 19.0. The van der Waals surface area contributed by atoms with Gasteiger partial charge in [-0.25, -0.2) is 0 Å². The highest BCUT2D eigenvalue weighted by Gasteiger charge is 2.53. The first-order chi connectivity index (χ1) is 13.1. The summed E-state index contributed by atoms with van der Waals surface area (Å²) in [6.07, 6.45) is 6.96. The number of piperidine rings is 3. The Hall–Kier alpha value is -1.62. The monoisotopic (exact) mass is 402 g/mol. The lowest BCUT2D eigenvalue weighted by Gasteiger charge is -2.58. The summed E-state index contributed by atoms with van der Waals surface area (Å²) in [5.41, 5.74) is 1.90. The van der Waals surface area contributed by atoms with Crippen LogP contribution in [-0.4, -0.2) is 47.4 Å². The lowest BCUT2D eigenvalue weighted by molar-refractivity contribution is -0.973. The molecule has 0 radical (unpaired) electrons. The number of aliphatic hydroxyl groups excluding tert-OH is 1. The van der Waals surface area contributed by atoms with Crippen molar-refractivity contribution in [1.29, 1.82) is 0 Å². The zero-order valence-electron chi connectivity index (χ0n) is 16.9. The molecule has 1 aromatic carbocycles. The Kier molecular flexibility index (Phi) is 6.33. The average Bonchev–Trinajstić information content (AvgIpc) is 2.72. The van der Waals surface area contributed by atoms with Crippen molar-refractivity contribution in [3.63, 3.8) is 0 Å². The average molecular weight is 403 g/mol. The molecule has 0 saturated carbocycles. The highest BCUT2D eigenvalue weighted by molar-refractivity contribution is 5.83. The predicted octanol–water partition coefficient (Wildman–Crippen LogP) is 1.10. The van der Waals surface area contributed by atoms with Gasteiger partial charge >= 0.3 is 0 Å². The summed E-state index contributed by atoms with van der Waals surface area (Å²) >= 11 is 0. The van der Waals surface area contributed by atoms with Crippen LogP contribution < -0.4 is 17.1 Å². The van der Waals surface area contributed by atoms with Gasteiger partial charge in [0.05, 0.1) is 32.3 Å². The quantitative estimate of drug-likeness (QED) is 0.581. The van der Waals surface area contributed by atoms with E-state index in [1.807, 2.05) is 30.5 Å². The van der Waals surface area contributed by atoms with Crippen molar-refractivity contribution in [3.05, 3.63) is 48.7 Å². The SMILES string of the molecule is C=CC1C[N+]2(CCC)CCC1C[C@@H]2[C@@H](O)c1ccnc2ccc(OC)cc12.[Cl-]. The minimum atomic E-state index is -0.484. The smallest absolute Gasteiger partial charge is 0.131 e. The fourth-order valence-electron chi connectivity index (χ4n) is 5.67. The van der Waals surface area contributed by atoms with Crippen LogP contribution >= 0.6 is 0 Å². The molecule has 4 heterocycles. The molecule has 1 N–H and O–H groups in total. The molecular formula is C23H31ClN2O2. The molecule has 5 heteroatoms. The summed E-state index contributed by atoms with van der Waals surface area (Å²) in [5.74, 6) is 2.04. The third-order valence-corrected chi connectivity index (χ3v) is 7.01. The molecule has 2 bridgehead atoms. The molecule has 152 valence electrons. The fourth-order valence-corrected chi connectivity index (χ4v) is 5.67. The minimum Gasteiger partial charge on any atom is -1.00 e. The summed E-state index contributed by atoms with van der Waals surface area (Å²) in [4.78, 5) is 4.49. The molecule has 4 nitrogen and oxygen atoms in total. The van der Waals surface area contributed by atoms with Crippen molar-refractivity contribution >= 4 is 10.9 Å². The maximum Gasteiger partial charge on any atom is 0.131 e. The van der Waals surface area contributed by atoms with Gasteiger partial charge in [-0.3, -0.25) is 4.98 Å². The predicted molar refractivity (Wildman–Crippen MR) is 109 cm³/mol. The first kappa shape index (κ1) is 21.1. The van der Waals surface area contributed by atoms with Gasteiger partial charge in [0.25, 0.3) is 0 Å². The number of halogens is 1. The molecule has 3 fully saturated rings. The molecule has 3 aliphatic rings. The topological polar surface area (TPSA) is 42.4 Å². The van der Waals surface area contributed by atoms with Crippen LogP contribution in [0.25, 0.3) is 10.9 Å². The van der Waals surface area contributed by atoms with E-state index >= 15 is 0 Å². The fraction of sp³-hybridized carbons (Fsp3) is 0.522. The van der Waals surface area contributed by atoms with E-state index in [2.05, 4.69) is 24.6 Å². The lowest BCUT2D eigenvalue weighted by atomic mass is 9.71. The van der Waals surface area contributed by atoms with Crippen LogP contribution in [0.4, 0.5) is 0 Å². The maximum absolute atomic E-state index is 11.6. The molecule has 0 amide bonds. The van der Waals surface area contributed by atoms with Gasteiger partial charge in [0.15, 0.2) is 0 Å². The van der Waals surface area contributed by atoms with Gasteiger partial charge in [0.2, 0.25) is 0 Å². The Labute approximate surface area is 174 Å². The number of aliphatic hydroxyl groups is 1. The third kappa shape index (κ3) is 3.42. The van der Waals surface area contributed by atoms with E-state index in [9.17, 15) is 5.11 Å². The Morgan fingerprint density at radius 3 is 2.93 bits per heavy atom. The van der Waals surface area contributed by atoms with E-state index in [-0.39, 0.29) is 18.4 Å². The summed E-state index contributed by atoms with van der Waals surface area (Å²) in [6, 6.07) is 8.15. The standard InChI is InChI=1S/C23H31N2O2.ClH/c1-4-11-25-12-9-17(16(5-2)15-25)13-22(25)23(26)19-8-10-24-21-7-6-18(27-3)14-20(19)21;/h5-8,10,14,16-17,22-23,26H,2,4,9,11-13,15H2,1,3H3;1H/q+1;/p-1/t16?,17?,22-,23+,25?;/m1./s1. The second-order valence-electron chi connectivity index (χ2n) is 8.33. The van der Waals surface area contributed by atoms with Crippen LogP contribution in [0.1, 0.15) is 37.9 Å². The van der Waals surface area contributed by atoms with E-state index in [4.69, 9.17) is 4.74 Å². The summed E-state index contributed by atoms with van der Waals surface area (Å²) in [5, 5.41) is 12.6. The summed E-state index contributed by atoms with van der Waals surface area (Å²) in [7, 11) is 1.68. The highest BCUT2D eigenvalue weighted by atomic mass is 35.5. The number of benzene rings is 1. The largest absolute Gasteiger partial charge is 1.00 e. The van der Waals surface area contributed by atoms with E-state index < -0.39 is 6.10 Å². The van der Waals surface area contributed by atoms with Crippen molar-refractivity contribution in [3.8, 4) is 5.75 Å². The molecule has 0 spiro atoms. The van der Waals surface area contributed by atoms with Gasteiger partial charge in [-0.1, -0.05) is 13.0 Å². The molecule has 0 aliphatic carbocycles. The van der Waals surface area contributed by atoms with Crippen LogP contribution in [0.3, 0.4) is 0 Å². The van der Waals surface area contributed by atoms with Gasteiger partial charge < -0.3 is 26.7 Å². The van der Waals surface area contributed by atoms with Crippen LogP contribution in [0.2, 0.25) is 0 Å². The summed E-state index contributed by atoms with van der Waals surface area (Å²) in [6.45, 7) is 9.77. The number of aromatic nitrogens is 1. The number of pyridine rings is 1. The van der Waals surface area contributed by atoms with Crippen molar-refractivity contribution < 1.29 is 26.7 Å². The van der Waals surface area contributed by atoms with E-state index in [0.717, 1.165) is 52.6 Å². The molecular weight excluding hydrogens is 372 g/mol. The molecule has 28 heavy (non-hydrogen) atoms. The first-order valence-electron chi connectivity index (χ1n) is 10.2. The molecule has 3 saturated heterocycles. The molecule has 3 aliphatic heterocycles. The van der Waals surface area contributed by atoms with Gasteiger partial charge in [0.1, 0.15) is 17.9 Å². The van der Waals surface area contributed by atoms with Crippen LogP contribution in [0, 0.1) is 11.8 Å². The van der Waals surface area contributed by atoms with E-state index in [1.54, 1.807) is 7.11 Å². The second-order valence-corrected chi connectivity index (χ2v) is 8.33. The Morgan fingerprint density at radius 1 is 1.39 bits per heavy atom. The van der Waals surface area contributed by atoms with Crippen LogP contribution in [0.15, 0.2) is 43.1 Å². The summed E-state index contributed by atoms with van der Waals surface area (Å²) < 4.78 is 6.44. The van der Waals surface area contributed by atoms with Gasteiger partial charge in [0, 0.05) is 30.3 Å². The van der Waals surface area contributed by atoms with Gasteiger partial charge in [-0.2, -0.15) is 0 Å². The lowest BCUT2D eigenvalue weighted by Crippen LogP contribution is -3.00. The minimum absolute atomic E-state index is 0. The van der Waals surface area contributed by atoms with Crippen molar-refractivity contribution in [2.45, 2.75) is 38.3 Å². The second kappa shape index (κ2) is 8.40. The molecule has 2 aromatic rings. The number of ether oxygens (including phenoxy) is 1. The van der Waals surface area contributed by atoms with Crippen molar-refractivity contribution in [1.82, 2.24) is 4.98 Å². The van der Waals surface area contributed by atoms with Crippen LogP contribution in [0.5, 0.6) is 5.75 Å². The molecule has 3 unspecified atom stereocenters.